The molecule has 2 unspecified atom stereocenters. The van der Waals surface area contributed by atoms with E-state index < -0.39 is 5.97 Å². The number of H-pyrrole nitrogens is 1. The van der Waals surface area contributed by atoms with E-state index in [1.807, 2.05) is 0 Å². The molecule has 0 radical (unpaired) electrons. The van der Waals surface area contributed by atoms with Gasteiger partial charge in [-0.15, -0.1) is 0 Å². The van der Waals surface area contributed by atoms with Crippen molar-refractivity contribution in [2.45, 2.75) is 25.7 Å². The summed E-state index contributed by atoms with van der Waals surface area (Å²) in [5.74, 6) is -1.48. The van der Waals surface area contributed by atoms with E-state index in [9.17, 15) is 14.4 Å². The van der Waals surface area contributed by atoms with Gasteiger partial charge in [0.25, 0.3) is 5.91 Å². The van der Waals surface area contributed by atoms with Crippen LogP contribution >= 0.6 is 0 Å². The van der Waals surface area contributed by atoms with E-state index in [-0.39, 0.29) is 23.3 Å². The Morgan fingerprint density at radius 1 is 1.30 bits per heavy atom. The van der Waals surface area contributed by atoms with Gasteiger partial charge in [-0.25, -0.2) is 0 Å². The van der Waals surface area contributed by atoms with Crippen molar-refractivity contribution >= 4 is 11.9 Å². The molecular formula is C14H18N2O4. The Morgan fingerprint density at radius 3 is 2.70 bits per heavy atom. The van der Waals surface area contributed by atoms with Crippen LogP contribution in [0.15, 0.2) is 23.1 Å². The van der Waals surface area contributed by atoms with Crippen molar-refractivity contribution in [1.29, 1.82) is 0 Å². The molecule has 0 aromatic carbocycles. The zero-order valence-electron chi connectivity index (χ0n) is 11.1. The van der Waals surface area contributed by atoms with E-state index >= 15 is 0 Å². The van der Waals surface area contributed by atoms with Crippen molar-refractivity contribution < 1.29 is 14.7 Å². The number of rotatable bonds is 4. The first-order chi connectivity index (χ1) is 9.58. The lowest BCUT2D eigenvalue weighted by atomic mass is 9.79. The zero-order valence-corrected chi connectivity index (χ0v) is 11.1. The number of aromatic amines is 1. The lowest BCUT2D eigenvalue weighted by molar-refractivity contribution is -0.144. The van der Waals surface area contributed by atoms with Gasteiger partial charge in [0.05, 0.1) is 11.5 Å². The molecule has 1 heterocycles. The smallest absolute Gasteiger partial charge is 0.306 e. The van der Waals surface area contributed by atoms with Crippen molar-refractivity contribution in [1.82, 2.24) is 10.3 Å². The van der Waals surface area contributed by atoms with Crippen molar-refractivity contribution in [3.05, 3.63) is 34.2 Å². The first kappa shape index (κ1) is 14.3. The quantitative estimate of drug-likeness (QED) is 0.765. The van der Waals surface area contributed by atoms with Crippen molar-refractivity contribution in [3.8, 4) is 0 Å². The standard InChI is InChI=1S/C14H18N2O4/c17-12-6-5-10(8-15-12)13(18)16-7-9-3-1-2-4-11(9)14(19)20/h5-6,8-9,11H,1-4,7H2,(H,15,17)(H,16,18)(H,19,20). The molecule has 0 aliphatic heterocycles. The van der Waals surface area contributed by atoms with Gasteiger partial charge in [0, 0.05) is 18.8 Å². The van der Waals surface area contributed by atoms with Gasteiger partial charge in [-0.05, 0) is 24.8 Å². The minimum atomic E-state index is -0.784. The molecule has 1 saturated carbocycles. The SMILES string of the molecule is O=C(NCC1CCCCC1C(=O)O)c1ccc(=O)[nH]c1. The number of amides is 1. The van der Waals surface area contributed by atoms with Gasteiger partial charge >= 0.3 is 5.97 Å². The highest BCUT2D eigenvalue weighted by molar-refractivity contribution is 5.93. The first-order valence-corrected chi connectivity index (χ1v) is 6.77. The number of carbonyl (C=O) groups excluding carboxylic acids is 1. The van der Waals surface area contributed by atoms with Gasteiger partial charge in [0.15, 0.2) is 0 Å². The molecule has 1 aliphatic carbocycles. The highest BCUT2D eigenvalue weighted by atomic mass is 16.4. The fourth-order valence-corrected chi connectivity index (χ4v) is 2.65. The number of carboxylic acid groups (broad SMARTS) is 1. The normalized spacial score (nSPS) is 22.2. The Hall–Kier alpha value is -2.11. The molecule has 1 aliphatic rings. The summed E-state index contributed by atoms with van der Waals surface area (Å²) in [6.07, 6.45) is 4.79. The largest absolute Gasteiger partial charge is 0.481 e. The van der Waals surface area contributed by atoms with Crippen LogP contribution in [0, 0.1) is 11.8 Å². The minimum absolute atomic E-state index is 0.0204. The van der Waals surface area contributed by atoms with Crippen LogP contribution < -0.4 is 10.9 Å². The number of hydrogen-bond acceptors (Lipinski definition) is 3. The number of aromatic nitrogens is 1. The Kier molecular flexibility index (Phi) is 4.55. The van der Waals surface area contributed by atoms with E-state index in [0.29, 0.717) is 18.5 Å². The number of carboxylic acids is 1. The molecule has 108 valence electrons. The summed E-state index contributed by atoms with van der Waals surface area (Å²) in [6.45, 7) is 0.356. The second-order valence-electron chi connectivity index (χ2n) is 5.14. The number of hydrogen-bond donors (Lipinski definition) is 3. The van der Waals surface area contributed by atoms with Gasteiger partial charge < -0.3 is 15.4 Å². The fraction of sp³-hybridized carbons (Fsp3) is 0.500. The minimum Gasteiger partial charge on any atom is -0.481 e. The molecule has 1 fully saturated rings. The highest BCUT2D eigenvalue weighted by Gasteiger charge is 2.30. The number of aliphatic carboxylic acids is 1. The molecule has 2 atom stereocenters. The number of pyridine rings is 1. The average molecular weight is 278 g/mol. The van der Waals surface area contributed by atoms with Gasteiger partial charge in [0.1, 0.15) is 0 Å². The summed E-state index contributed by atoms with van der Waals surface area (Å²) in [4.78, 5) is 36.4. The summed E-state index contributed by atoms with van der Waals surface area (Å²) >= 11 is 0. The van der Waals surface area contributed by atoms with Crippen molar-refractivity contribution in [3.63, 3.8) is 0 Å². The highest BCUT2D eigenvalue weighted by Crippen LogP contribution is 2.29. The lowest BCUT2D eigenvalue weighted by Crippen LogP contribution is -2.37. The Morgan fingerprint density at radius 2 is 2.05 bits per heavy atom. The predicted octanol–water partition coefficient (Wildman–Crippen LogP) is 0.996. The molecule has 20 heavy (non-hydrogen) atoms. The number of carbonyl (C=O) groups is 2. The summed E-state index contributed by atoms with van der Waals surface area (Å²) < 4.78 is 0. The fourth-order valence-electron chi connectivity index (χ4n) is 2.65. The lowest BCUT2D eigenvalue weighted by Gasteiger charge is -2.28. The van der Waals surface area contributed by atoms with Crippen LogP contribution in [0.25, 0.3) is 0 Å². The maximum absolute atomic E-state index is 11.9. The maximum Gasteiger partial charge on any atom is 0.306 e. The van der Waals surface area contributed by atoms with Crippen LogP contribution in [0.3, 0.4) is 0 Å². The molecule has 6 heteroatoms. The van der Waals surface area contributed by atoms with E-state index in [1.165, 1.54) is 18.3 Å². The molecule has 3 N–H and O–H groups in total. The summed E-state index contributed by atoms with van der Waals surface area (Å²) in [7, 11) is 0. The molecule has 0 bridgehead atoms. The Bertz CT molecular complexity index is 532. The van der Waals surface area contributed by atoms with Gasteiger partial charge in [-0.1, -0.05) is 12.8 Å². The number of nitrogens with one attached hydrogen (secondary N) is 2. The van der Waals surface area contributed by atoms with Crippen LogP contribution in [0.5, 0.6) is 0 Å². The second-order valence-corrected chi connectivity index (χ2v) is 5.14. The van der Waals surface area contributed by atoms with Gasteiger partial charge in [-0.2, -0.15) is 0 Å². The van der Waals surface area contributed by atoms with Crippen LogP contribution in [0.4, 0.5) is 0 Å². The molecule has 2 rings (SSSR count). The third-order valence-electron chi connectivity index (χ3n) is 3.80. The molecule has 1 aromatic heterocycles. The Labute approximate surface area is 116 Å². The Balaban J connectivity index is 1.93. The monoisotopic (exact) mass is 278 g/mol. The topological polar surface area (TPSA) is 99.3 Å². The summed E-state index contributed by atoms with van der Waals surface area (Å²) in [5, 5.41) is 11.9. The first-order valence-electron chi connectivity index (χ1n) is 6.77. The summed E-state index contributed by atoms with van der Waals surface area (Å²) in [6, 6.07) is 2.74. The van der Waals surface area contributed by atoms with E-state index in [1.54, 1.807) is 0 Å². The van der Waals surface area contributed by atoms with Crippen molar-refractivity contribution in [2.75, 3.05) is 6.54 Å². The summed E-state index contributed by atoms with van der Waals surface area (Å²) in [5.41, 5.74) is 0.104. The third kappa shape index (κ3) is 3.46. The van der Waals surface area contributed by atoms with Crippen LogP contribution in [-0.4, -0.2) is 28.5 Å². The molecule has 0 saturated heterocycles. The van der Waals surface area contributed by atoms with E-state index in [4.69, 9.17) is 5.11 Å². The van der Waals surface area contributed by atoms with Gasteiger partial charge in [0.2, 0.25) is 5.56 Å². The van der Waals surface area contributed by atoms with E-state index in [2.05, 4.69) is 10.3 Å². The van der Waals surface area contributed by atoms with Crippen LogP contribution in [0.1, 0.15) is 36.0 Å². The molecular weight excluding hydrogens is 260 g/mol. The zero-order chi connectivity index (χ0) is 14.5. The second kappa shape index (κ2) is 6.36. The maximum atomic E-state index is 11.9. The van der Waals surface area contributed by atoms with E-state index in [0.717, 1.165) is 19.3 Å². The molecule has 1 amide bonds. The molecule has 1 aromatic rings. The average Bonchev–Trinajstić information content (AvgIpc) is 2.45. The molecule has 6 nitrogen and oxygen atoms in total. The predicted molar refractivity (Wildman–Crippen MR) is 72.5 cm³/mol. The van der Waals surface area contributed by atoms with Crippen molar-refractivity contribution in [2.24, 2.45) is 11.8 Å². The molecule has 0 spiro atoms. The van der Waals surface area contributed by atoms with Crippen LogP contribution in [-0.2, 0) is 4.79 Å². The van der Waals surface area contributed by atoms with Crippen LogP contribution in [0.2, 0.25) is 0 Å². The van der Waals surface area contributed by atoms with Gasteiger partial charge in [-0.3, -0.25) is 14.4 Å². The third-order valence-corrected chi connectivity index (χ3v) is 3.80.